The maximum atomic E-state index is 12.4. The van der Waals surface area contributed by atoms with Crippen molar-refractivity contribution in [1.29, 1.82) is 0 Å². The highest BCUT2D eigenvalue weighted by molar-refractivity contribution is 5.96. The molecule has 1 atom stereocenters. The Morgan fingerprint density at radius 3 is 2.77 bits per heavy atom. The number of amides is 1. The number of pyridine rings is 1. The fourth-order valence-corrected chi connectivity index (χ4v) is 3.50. The number of hydrogen-bond acceptors (Lipinski definition) is 4. The van der Waals surface area contributed by atoms with Gasteiger partial charge >= 0.3 is 6.09 Å². The third-order valence-electron chi connectivity index (χ3n) is 4.74. The molecule has 5 heteroatoms. The fraction of sp³-hybridized carbons (Fsp3) is 0.524. The zero-order valence-corrected chi connectivity index (χ0v) is 16.4. The molecule has 2 aromatic rings. The van der Waals surface area contributed by atoms with Crippen LogP contribution in [0.1, 0.15) is 44.7 Å². The van der Waals surface area contributed by atoms with Crippen molar-refractivity contribution in [2.75, 3.05) is 18.4 Å². The quantitative estimate of drug-likeness (QED) is 0.851. The highest BCUT2D eigenvalue weighted by Crippen LogP contribution is 2.29. The second-order valence-electron chi connectivity index (χ2n) is 8.20. The first-order valence-corrected chi connectivity index (χ1v) is 9.34. The van der Waals surface area contributed by atoms with Crippen molar-refractivity contribution in [3.63, 3.8) is 0 Å². The molecule has 3 rings (SSSR count). The van der Waals surface area contributed by atoms with Gasteiger partial charge in [-0.1, -0.05) is 18.2 Å². The van der Waals surface area contributed by atoms with Crippen LogP contribution < -0.4 is 5.32 Å². The summed E-state index contributed by atoms with van der Waals surface area (Å²) in [4.78, 5) is 18.8. The summed E-state index contributed by atoms with van der Waals surface area (Å²) in [6, 6.07) is 6.51. The number of hydrogen-bond donors (Lipinski definition) is 1. The van der Waals surface area contributed by atoms with Crippen molar-refractivity contribution in [1.82, 2.24) is 9.88 Å². The molecule has 5 nitrogen and oxygen atoms in total. The Morgan fingerprint density at radius 1 is 1.27 bits per heavy atom. The molecule has 26 heavy (non-hydrogen) atoms. The van der Waals surface area contributed by atoms with Gasteiger partial charge in [0.15, 0.2) is 0 Å². The Morgan fingerprint density at radius 2 is 2.04 bits per heavy atom. The fourth-order valence-electron chi connectivity index (χ4n) is 3.50. The number of likely N-dealkylation sites (tertiary alicyclic amines) is 1. The number of nitrogens with one attached hydrogen (secondary N) is 1. The Kier molecular flexibility index (Phi) is 5.08. The highest BCUT2D eigenvalue weighted by atomic mass is 16.6. The van der Waals surface area contributed by atoms with E-state index in [0.717, 1.165) is 25.2 Å². The zero-order chi connectivity index (χ0) is 18.9. The number of benzene rings is 1. The molecule has 1 saturated heterocycles. The molecule has 0 spiro atoms. The number of nitrogens with zero attached hydrogens (tertiary/aromatic N) is 2. The summed E-state index contributed by atoms with van der Waals surface area (Å²) in [5.74, 6) is 0.903. The Hall–Kier alpha value is -2.30. The first-order chi connectivity index (χ1) is 12.2. The topological polar surface area (TPSA) is 54.5 Å². The van der Waals surface area contributed by atoms with Crippen LogP contribution in [0.25, 0.3) is 10.8 Å². The van der Waals surface area contributed by atoms with Crippen molar-refractivity contribution < 1.29 is 9.53 Å². The van der Waals surface area contributed by atoms with Gasteiger partial charge in [0.2, 0.25) is 0 Å². The Balaban J connectivity index is 1.78. The van der Waals surface area contributed by atoms with E-state index in [1.165, 1.54) is 21.9 Å². The molecule has 140 valence electrons. The van der Waals surface area contributed by atoms with Crippen LogP contribution in [0.15, 0.2) is 24.4 Å². The van der Waals surface area contributed by atoms with E-state index >= 15 is 0 Å². The maximum Gasteiger partial charge on any atom is 0.410 e. The summed E-state index contributed by atoms with van der Waals surface area (Å²) in [6.45, 7) is 11.3. The number of rotatable bonds is 2. The van der Waals surface area contributed by atoms with Gasteiger partial charge in [0.1, 0.15) is 11.4 Å². The van der Waals surface area contributed by atoms with Crippen LogP contribution in [0.2, 0.25) is 0 Å². The maximum absolute atomic E-state index is 12.4. The summed E-state index contributed by atoms with van der Waals surface area (Å²) in [5.41, 5.74) is 1.91. The van der Waals surface area contributed by atoms with Gasteiger partial charge < -0.3 is 15.0 Å². The molecule has 1 amide bonds. The van der Waals surface area contributed by atoms with Gasteiger partial charge in [0, 0.05) is 30.7 Å². The molecular weight excluding hydrogens is 326 g/mol. The number of carbonyl (C=O) groups is 1. The van der Waals surface area contributed by atoms with E-state index in [9.17, 15) is 4.79 Å². The van der Waals surface area contributed by atoms with Crippen LogP contribution in [-0.4, -0.2) is 40.7 Å². The van der Waals surface area contributed by atoms with Crippen molar-refractivity contribution in [3.8, 4) is 0 Å². The van der Waals surface area contributed by atoms with Gasteiger partial charge in [-0.05, 0) is 64.0 Å². The number of piperidine rings is 1. The molecule has 1 aliphatic heterocycles. The zero-order valence-electron chi connectivity index (χ0n) is 16.4. The minimum Gasteiger partial charge on any atom is -0.444 e. The van der Waals surface area contributed by atoms with Crippen LogP contribution in [0.5, 0.6) is 0 Å². The smallest absolute Gasteiger partial charge is 0.410 e. The molecular formula is C21H29N3O2. The lowest BCUT2D eigenvalue weighted by Gasteiger charge is -2.34. The number of ether oxygens (including phenoxy) is 1. The van der Waals surface area contributed by atoms with Gasteiger partial charge in [0.25, 0.3) is 0 Å². The van der Waals surface area contributed by atoms with Gasteiger partial charge in [-0.2, -0.15) is 0 Å². The third-order valence-corrected chi connectivity index (χ3v) is 4.74. The van der Waals surface area contributed by atoms with E-state index in [-0.39, 0.29) is 12.1 Å². The number of anilines is 1. The van der Waals surface area contributed by atoms with E-state index in [4.69, 9.17) is 4.74 Å². The van der Waals surface area contributed by atoms with Crippen LogP contribution in [0.4, 0.5) is 10.6 Å². The normalized spacial score (nSPS) is 18.0. The summed E-state index contributed by atoms with van der Waals surface area (Å²) >= 11 is 0. The Bertz CT molecular complexity index is 811. The largest absolute Gasteiger partial charge is 0.444 e. The van der Waals surface area contributed by atoms with Crippen LogP contribution in [-0.2, 0) is 4.74 Å². The lowest BCUT2D eigenvalue weighted by Crippen LogP contribution is -2.47. The minimum atomic E-state index is -0.469. The van der Waals surface area contributed by atoms with Crippen molar-refractivity contribution in [2.24, 2.45) is 0 Å². The number of fused-ring (bicyclic) bond motifs is 1. The molecule has 0 saturated carbocycles. The molecule has 1 aromatic heterocycles. The van der Waals surface area contributed by atoms with Gasteiger partial charge in [-0.25, -0.2) is 9.78 Å². The van der Waals surface area contributed by atoms with Crippen molar-refractivity contribution >= 4 is 22.7 Å². The van der Waals surface area contributed by atoms with E-state index < -0.39 is 5.60 Å². The number of aryl methyl sites for hydroxylation is 2. The van der Waals surface area contributed by atoms with Crippen LogP contribution in [0.3, 0.4) is 0 Å². The van der Waals surface area contributed by atoms with Gasteiger partial charge in [0.05, 0.1) is 0 Å². The van der Waals surface area contributed by atoms with E-state index in [1.807, 2.05) is 27.0 Å². The van der Waals surface area contributed by atoms with Gasteiger partial charge in [-0.15, -0.1) is 0 Å². The SMILES string of the molecule is Cc1cnc(N[C@@H]2CCCN(C(=O)OC(C)(C)C)C2)c2c(C)cccc12. The summed E-state index contributed by atoms with van der Waals surface area (Å²) in [7, 11) is 0. The number of carbonyl (C=O) groups excluding carboxylic acids is 1. The lowest BCUT2D eigenvalue weighted by atomic mass is 10.0. The molecule has 1 N–H and O–H groups in total. The van der Waals surface area contributed by atoms with Crippen LogP contribution >= 0.6 is 0 Å². The van der Waals surface area contributed by atoms with Crippen molar-refractivity contribution in [2.45, 2.75) is 59.1 Å². The molecule has 2 heterocycles. The second-order valence-corrected chi connectivity index (χ2v) is 8.20. The molecule has 0 unspecified atom stereocenters. The summed E-state index contributed by atoms with van der Waals surface area (Å²) in [6.07, 6.45) is 3.66. The average Bonchev–Trinajstić information content (AvgIpc) is 2.56. The predicted octanol–water partition coefficient (Wildman–Crippen LogP) is 4.66. The molecule has 1 fully saturated rings. The Labute approximate surface area is 155 Å². The first-order valence-electron chi connectivity index (χ1n) is 9.34. The number of aromatic nitrogens is 1. The van der Waals surface area contributed by atoms with E-state index in [1.54, 1.807) is 4.90 Å². The summed E-state index contributed by atoms with van der Waals surface area (Å²) in [5, 5.41) is 5.97. The molecule has 1 aliphatic rings. The highest BCUT2D eigenvalue weighted by Gasteiger charge is 2.28. The standard InChI is InChI=1S/C21H29N3O2/c1-14-8-6-10-17-15(2)12-22-19(18(14)17)23-16-9-7-11-24(13-16)20(25)26-21(3,4)5/h6,8,10,12,16H,7,9,11,13H2,1-5H3,(H,22,23)/t16-/m1/s1. The van der Waals surface area contributed by atoms with E-state index in [2.05, 4.69) is 42.3 Å². The predicted molar refractivity (Wildman–Crippen MR) is 106 cm³/mol. The van der Waals surface area contributed by atoms with Crippen molar-refractivity contribution in [3.05, 3.63) is 35.5 Å². The average molecular weight is 355 g/mol. The first kappa shape index (κ1) is 18.5. The third kappa shape index (κ3) is 4.09. The molecule has 0 radical (unpaired) electrons. The lowest BCUT2D eigenvalue weighted by molar-refractivity contribution is 0.0206. The van der Waals surface area contributed by atoms with Crippen LogP contribution in [0, 0.1) is 13.8 Å². The second kappa shape index (κ2) is 7.14. The van der Waals surface area contributed by atoms with E-state index in [0.29, 0.717) is 6.54 Å². The molecule has 0 aliphatic carbocycles. The summed E-state index contributed by atoms with van der Waals surface area (Å²) < 4.78 is 5.52. The van der Waals surface area contributed by atoms with Gasteiger partial charge in [-0.3, -0.25) is 0 Å². The minimum absolute atomic E-state index is 0.175. The molecule has 0 bridgehead atoms. The molecule has 1 aromatic carbocycles. The monoisotopic (exact) mass is 355 g/mol.